The fourth-order valence-electron chi connectivity index (χ4n) is 3.93. The quantitative estimate of drug-likeness (QED) is 0.258. The van der Waals surface area contributed by atoms with Crippen LogP contribution in [0.2, 0.25) is 5.02 Å². The first-order chi connectivity index (χ1) is 18.7. The molecule has 11 heteroatoms. The van der Waals surface area contributed by atoms with Gasteiger partial charge >= 0.3 is 17.8 Å². The average molecular weight is 550 g/mol. The van der Waals surface area contributed by atoms with Crippen LogP contribution in [0.1, 0.15) is 18.4 Å². The number of esters is 1. The number of halogens is 1. The normalized spacial score (nSPS) is 14.0. The van der Waals surface area contributed by atoms with Gasteiger partial charge in [0.1, 0.15) is 17.3 Å². The molecule has 3 aromatic rings. The molecule has 1 aliphatic rings. The van der Waals surface area contributed by atoms with Gasteiger partial charge in [0.2, 0.25) is 0 Å². The predicted molar refractivity (Wildman–Crippen MR) is 144 cm³/mol. The van der Waals surface area contributed by atoms with Gasteiger partial charge in [-0.25, -0.2) is 4.79 Å². The van der Waals surface area contributed by atoms with Crippen molar-refractivity contribution in [1.82, 2.24) is 5.32 Å². The second-order valence-corrected chi connectivity index (χ2v) is 8.74. The Morgan fingerprint density at radius 2 is 1.77 bits per heavy atom. The smallest absolute Gasteiger partial charge is 0.340 e. The molecule has 2 aromatic carbocycles. The summed E-state index contributed by atoms with van der Waals surface area (Å²) in [7, 11) is 2.77. The summed E-state index contributed by atoms with van der Waals surface area (Å²) in [4.78, 5) is 51.8. The van der Waals surface area contributed by atoms with Crippen molar-refractivity contribution in [3.05, 3.63) is 94.1 Å². The Hall–Kier alpha value is -4.83. The summed E-state index contributed by atoms with van der Waals surface area (Å²) in [6, 6.07) is 16.4. The van der Waals surface area contributed by atoms with E-state index in [0.717, 1.165) is 0 Å². The number of furan rings is 1. The lowest BCUT2D eigenvalue weighted by Crippen LogP contribution is -2.34. The number of carbonyl (C=O) groups excluding carboxylic acids is 4. The van der Waals surface area contributed by atoms with Crippen LogP contribution in [0.25, 0.3) is 6.08 Å². The summed E-state index contributed by atoms with van der Waals surface area (Å²) in [5.74, 6) is -1.66. The summed E-state index contributed by atoms with van der Waals surface area (Å²) < 4.78 is 15.8. The van der Waals surface area contributed by atoms with Gasteiger partial charge in [0.05, 0.1) is 31.9 Å². The van der Waals surface area contributed by atoms with Gasteiger partial charge in [-0.05, 0) is 67.6 Å². The molecule has 0 radical (unpaired) electrons. The molecule has 0 bridgehead atoms. The highest BCUT2D eigenvalue weighted by molar-refractivity contribution is 6.39. The van der Waals surface area contributed by atoms with E-state index in [1.54, 1.807) is 61.5 Å². The van der Waals surface area contributed by atoms with Crippen LogP contribution in [-0.2, 0) is 30.5 Å². The molecule has 10 nitrogen and oxygen atoms in total. The minimum Gasteiger partial charge on any atom is -0.497 e. The average Bonchev–Trinajstić information content (AvgIpc) is 3.48. The number of rotatable bonds is 7. The number of hydrogen-bond acceptors (Lipinski definition) is 7. The van der Waals surface area contributed by atoms with Crippen LogP contribution in [0.15, 0.2) is 81.9 Å². The highest BCUT2D eigenvalue weighted by Crippen LogP contribution is 2.36. The van der Waals surface area contributed by atoms with E-state index in [1.807, 2.05) is 0 Å². The number of carbonyl (C=O) groups is 4. The zero-order valence-electron chi connectivity index (χ0n) is 21.2. The predicted octanol–water partition coefficient (Wildman–Crippen LogP) is 4.07. The van der Waals surface area contributed by atoms with Gasteiger partial charge < -0.3 is 24.5 Å². The topological polar surface area (TPSA) is 127 Å². The lowest BCUT2D eigenvalue weighted by molar-refractivity contribution is -0.136. The van der Waals surface area contributed by atoms with Gasteiger partial charge in [-0.3, -0.25) is 19.3 Å². The first-order valence-corrected chi connectivity index (χ1v) is 12.0. The van der Waals surface area contributed by atoms with Crippen molar-refractivity contribution >= 4 is 52.7 Å². The molecule has 1 aliphatic heterocycles. The van der Waals surface area contributed by atoms with Crippen molar-refractivity contribution in [2.75, 3.05) is 24.4 Å². The molecule has 39 heavy (non-hydrogen) atoms. The van der Waals surface area contributed by atoms with Gasteiger partial charge in [-0.15, -0.1) is 0 Å². The monoisotopic (exact) mass is 549 g/mol. The Labute approximate surface area is 228 Å². The molecular formula is C28H24ClN3O7. The molecule has 0 aliphatic carbocycles. The summed E-state index contributed by atoms with van der Waals surface area (Å²) in [5.41, 5.74) is 1.50. The minimum absolute atomic E-state index is 0.0843. The highest BCUT2D eigenvalue weighted by Gasteiger charge is 2.38. The molecule has 0 spiro atoms. The Bertz CT molecular complexity index is 1510. The highest BCUT2D eigenvalue weighted by atomic mass is 35.5. The molecule has 2 heterocycles. The van der Waals surface area contributed by atoms with E-state index in [9.17, 15) is 19.2 Å². The molecule has 0 fully saturated rings. The molecule has 1 aromatic heterocycles. The third-order valence-electron chi connectivity index (χ3n) is 5.80. The molecule has 3 amide bonds. The Kier molecular flexibility index (Phi) is 8.16. The summed E-state index contributed by atoms with van der Waals surface area (Å²) in [6.07, 6.45) is 1.43. The first kappa shape index (κ1) is 27.2. The van der Waals surface area contributed by atoms with Crippen LogP contribution in [0.4, 0.5) is 11.4 Å². The van der Waals surface area contributed by atoms with Crippen LogP contribution in [0, 0.1) is 0 Å². The number of nitrogens with one attached hydrogen (secondary N) is 2. The Morgan fingerprint density at radius 3 is 2.44 bits per heavy atom. The number of allylic oxidation sites excluding steroid dienone is 1. The molecule has 0 saturated heterocycles. The number of benzene rings is 2. The summed E-state index contributed by atoms with van der Waals surface area (Å²) >= 11 is 5.89. The lowest BCUT2D eigenvalue weighted by Gasteiger charge is -2.18. The largest absolute Gasteiger partial charge is 0.497 e. The number of nitrogens with zero attached hydrogens (tertiary/aromatic N) is 1. The molecular weight excluding hydrogens is 526 g/mol. The molecule has 0 saturated carbocycles. The second kappa shape index (κ2) is 11.7. The second-order valence-electron chi connectivity index (χ2n) is 8.30. The molecule has 0 atom stereocenters. The van der Waals surface area contributed by atoms with E-state index in [0.29, 0.717) is 33.6 Å². The number of anilines is 2. The van der Waals surface area contributed by atoms with Gasteiger partial charge in [0.25, 0.3) is 5.91 Å². The van der Waals surface area contributed by atoms with Crippen LogP contribution in [0.5, 0.6) is 5.75 Å². The van der Waals surface area contributed by atoms with E-state index in [-0.39, 0.29) is 23.5 Å². The van der Waals surface area contributed by atoms with Gasteiger partial charge in [-0.2, -0.15) is 0 Å². The maximum Gasteiger partial charge on any atom is 0.340 e. The number of amides is 3. The lowest BCUT2D eigenvalue weighted by atomic mass is 10.1. The van der Waals surface area contributed by atoms with Crippen molar-refractivity contribution in [1.29, 1.82) is 0 Å². The maximum atomic E-state index is 13.4. The standard InChI is InChI=1S/C28H24ClN3O7/c1-16-24(28(36)38-3)23(27(35)32(16)19-7-9-20(37-2)10-8-19)14-21-11-12-22(39-21)15-30-25(33)26(34)31-18-6-4-5-17(29)13-18/h4-14H,15H2,1-3H3,(H,30,33)(H,31,34)/b23-14+. The van der Waals surface area contributed by atoms with Gasteiger partial charge in [-0.1, -0.05) is 17.7 Å². The van der Waals surface area contributed by atoms with E-state index in [1.165, 1.54) is 31.3 Å². The van der Waals surface area contributed by atoms with E-state index in [2.05, 4.69) is 10.6 Å². The van der Waals surface area contributed by atoms with Gasteiger partial charge in [0, 0.05) is 22.1 Å². The molecule has 4 rings (SSSR count). The van der Waals surface area contributed by atoms with Crippen LogP contribution in [0.3, 0.4) is 0 Å². The third kappa shape index (κ3) is 6.02. The van der Waals surface area contributed by atoms with E-state index < -0.39 is 23.7 Å². The van der Waals surface area contributed by atoms with Crippen molar-refractivity contribution < 1.29 is 33.1 Å². The molecule has 0 unspecified atom stereocenters. The van der Waals surface area contributed by atoms with Crippen molar-refractivity contribution in [2.45, 2.75) is 13.5 Å². The van der Waals surface area contributed by atoms with Crippen LogP contribution >= 0.6 is 11.6 Å². The third-order valence-corrected chi connectivity index (χ3v) is 6.04. The SMILES string of the molecule is COC(=O)C1=C(C)N(c2ccc(OC)cc2)C(=O)/C1=C/c1ccc(CNC(=O)C(=O)Nc2cccc(Cl)c2)o1. The number of hydrogen-bond donors (Lipinski definition) is 2. The summed E-state index contributed by atoms with van der Waals surface area (Å²) in [5, 5.41) is 5.33. The van der Waals surface area contributed by atoms with Crippen molar-refractivity contribution in [3.63, 3.8) is 0 Å². The molecule has 2 N–H and O–H groups in total. The zero-order valence-corrected chi connectivity index (χ0v) is 22.0. The molecule has 200 valence electrons. The van der Waals surface area contributed by atoms with Crippen molar-refractivity contribution in [2.24, 2.45) is 0 Å². The summed E-state index contributed by atoms with van der Waals surface area (Å²) in [6.45, 7) is 1.56. The Morgan fingerprint density at radius 1 is 1.03 bits per heavy atom. The number of ether oxygens (including phenoxy) is 2. The van der Waals surface area contributed by atoms with Crippen LogP contribution < -0.4 is 20.3 Å². The fourth-order valence-corrected chi connectivity index (χ4v) is 4.12. The minimum atomic E-state index is -0.876. The Balaban J connectivity index is 1.49. The van der Waals surface area contributed by atoms with E-state index >= 15 is 0 Å². The fraction of sp³-hybridized carbons (Fsp3) is 0.143. The maximum absolute atomic E-state index is 13.4. The zero-order chi connectivity index (χ0) is 28.1. The van der Waals surface area contributed by atoms with Crippen molar-refractivity contribution in [3.8, 4) is 5.75 Å². The van der Waals surface area contributed by atoms with E-state index in [4.69, 9.17) is 25.5 Å². The van der Waals surface area contributed by atoms with Crippen LogP contribution in [-0.4, -0.2) is 37.9 Å². The first-order valence-electron chi connectivity index (χ1n) is 11.6. The number of methoxy groups -OCH3 is 2. The van der Waals surface area contributed by atoms with Gasteiger partial charge in [0.15, 0.2) is 0 Å².